The maximum atomic E-state index is 5.68. The second-order valence-corrected chi connectivity index (χ2v) is 4.48. The summed E-state index contributed by atoms with van der Waals surface area (Å²) < 4.78 is 5.68. The third-order valence-corrected chi connectivity index (χ3v) is 2.56. The lowest BCUT2D eigenvalue weighted by Crippen LogP contribution is -2.11. The number of aromatic nitrogens is 1. The van der Waals surface area contributed by atoms with Crippen molar-refractivity contribution in [2.75, 3.05) is 5.32 Å². The minimum Gasteiger partial charge on any atom is -0.487 e. The molecule has 1 saturated carbocycles. The number of ether oxygens (including phenoxy) is 1. The summed E-state index contributed by atoms with van der Waals surface area (Å²) in [6.45, 7) is 6.29. The normalized spacial score (nSPS) is 24.0. The molecule has 1 heterocycles. The lowest BCUT2D eigenvalue weighted by atomic mass is 10.4. The molecule has 15 heavy (non-hydrogen) atoms. The summed E-state index contributed by atoms with van der Waals surface area (Å²) in [6.07, 6.45) is 3.21. The van der Waals surface area contributed by atoms with Gasteiger partial charge in [-0.05, 0) is 38.3 Å². The quantitative estimate of drug-likeness (QED) is 0.822. The molecule has 0 spiro atoms. The molecule has 0 amide bonds. The Bertz CT molecular complexity index is 338. The third kappa shape index (κ3) is 2.61. The van der Waals surface area contributed by atoms with Crippen molar-refractivity contribution in [2.24, 2.45) is 5.92 Å². The molecule has 82 valence electrons. The largest absolute Gasteiger partial charge is 0.487 e. The smallest absolute Gasteiger partial charge is 0.168 e. The van der Waals surface area contributed by atoms with E-state index in [-0.39, 0.29) is 6.10 Å². The van der Waals surface area contributed by atoms with E-state index in [2.05, 4.69) is 17.2 Å². The van der Waals surface area contributed by atoms with Crippen molar-refractivity contribution in [1.29, 1.82) is 0 Å². The molecule has 1 N–H and O–H groups in total. The highest BCUT2D eigenvalue weighted by Crippen LogP contribution is 2.34. The van der Waals surface area contributed by atoms with Crippen LogP contribution in [0.5, 0.6) is 5.75 Å². The highest BCUT2D eigenvalue weighted by Gasteiger charge is 2.33. The van der Waals surface area contributed by atoms with Crippen LogP contribution in [-0.2, 0) is 0 Å². The van der Waals surface area contributed by atoms with E-state index < -0.39 is 0 Å². The molecule has 0 aliphatic heterocycles. The average molecular weight is 206 g/mol. The molecule has 1 fully saturated rings. The molecule has 2 unspecified atom stereocenters. The second-order valence-electron chi connectivity index (χ2n) is 4.48. The summed E-state index contributed by atoms with van der Waals surface area (Å²) in [5.74, 6) is 2.49. The van der Waals surface area contributed by atoms with Crippen molar-refractivity contribution in [3.8, 4) is 5.75 Å². The predicted octanol–water partition coefficient (Wildman–Crippen LogP) is 2.69. The lowest BCUT2D eigenvalue weighted by Gasteiger charge is -2.14. The van der Waals surface area contributed by atoms with Gasteiger partial charge in [-0.3, -0.25) is 0 Å². The number of rotatable bonds is 4. The standard InChI is InChI=1S/C12H18N2O/c1-8(2)15-11-5-4-6-13-12(11)14-10-7-9(10)3/h4-6,8-10H,7H2,1-3H3,(H,13,14). The third-order valence-electron chi connectivity index (χ3n) is 2.56. The van der Waals surface area contributed by atoms with Gasteiger partial charge < -0.3 is 10.1 Å². The molecular formula is C12H18N2O. The molecule has 0 bridgehead atoms. The van der Waals surface area contributed by atoms with E-state index in [9.17, 15) is 0 Å². The Balaban J connectivity index is 2.07. The first-order chi connectivity index (χ1) is 7.16. The number of hydrogen-bond donors (Lipinski definition) is 1. The SMILES string of the molecule is CC(C)Oc1cccnc1NC1CC1C. The number of anilines is 1. The van der Waals surface area contributed by atoms with Gasteiger partial charge in [0.15, 0.2) is 11.6 Å². The van der Waals surface area contributed by atoms with Crippen molar-refractivity contribution in [3.05, 3.63) is 18.3 Å². The van der Waals surface area contributed by atoms with Gasteiger partial charge in [0.25, 0.3) is 0 Å². The monoisotopic (exact) mass is 206 g/mol. The maximum absolute atomic E-state index is 5.68. The van der Waals surface area contributed by atoms with E-state index in [1.165, 1.54) is 6.42 Å². The fourth-order valence-corrected chi connectivity index (χ4v) is 1.55. The molecule has 3 heteroatoms. The topological polar surface area (TPSA) is 34.1 Å². The minimum absolute atomic E-state index is 0.186. The predicted molar refractivity (Wildman–Crippen MR) is 61.2 cm³/mol. The second kappa shape index (κ2) is 4.09. The summed E-state index contributed by atoms with van der Waals surface area (Å²) in [6, 6.07) is 4.44. The first-order valence-corrected chi connectivity index (χ1v) is 5.55. The number of pyridine rings is 1. The van der Waals surface area contributed by atoms with Crippen LogP contribution in [0.4, 0.5) is 5.82 Å². The molecule has 1 aliphatic rings. The Labute approximate surface area is 90.9 Å². The maximum Gasteiger partial charge on any atom is 0.168 e. The van der Waals surface area contributed by atoms with Crippen LogP contribution in [0.1, 0.15) is 27.2 Å². The van der Waals surface area contributed by atoms with Crippen molar-refractivity contribution in [1.82, 2.24) is 4.98 Å². The highest BCUT2D eigenvalue weighted by molar-refractivity contribution is 5.51. The highest BCUT2D eigenvalue weighted by atomic mass is 16.5. The van der Waals surface area contributed by atoms with Crippen LogP contribution in [0.3, 0.4) is 0 Å². The first kappa shape index (κ1) is 10.3. The number of hydrogen-bond acceptors (Lipinski definition) is 3. The molecule has 0 aromatic carbocycles. The fraction of sp³-hybridized carbons (Fsp3) is 0.583. The van der Waals surface area contributed by atoms with Crippen LogP contribution >= 0.6 is 0 Å². The van der Waals surface area contributed by atoms with Crippen molar-refractivity contribution in [3.63, 3.8) is 0 Å². The van der Waals surface area contributed by atoms with E-state index >= 15 is 0 Å². The molecular weight excluding hydrogens is 188 g/mol. The Morgan fingerprint density at radius 2 is 2.27 bits per heavy atom. The average Bonchev–Trinajstić information content (AvgIpc) is 2.84. The van der Waals surface area contributed by atoms with Crippen LogP contribution in [0.25, 0.3) is 0 Å². The summed E-state index contributed by atoms with van der Waals surface area (Å²) in [4.78, 5) is 4.31. The molecule has 1 aromatic rings. The zero-order chi connectivity index (χ0) is 10.8. The summed E-state index contributed by atoms with van der Waals surface area (Å²) >= 11 is 0. The van der Waals surface area contributed by atoms with Crippen molar-refractivity contribution >= 4 is 5.82 Å². The van der Waals surface area contributed by atoms with Crippen molar-refractivity contribution in [2.45, 2.75) is 39.3 Å². The Morgan fingerprint density at radius 1 is 1.53 bits per heavy atom. The van der Waals surface area contributed by atoms with E-state index in [4.69, 9.17) is 4.74 Å². The van der Waals surface area contributed by atoms with Gasteiger partial charge in [-0.2, -0.15) is 0 Å². The molecule has 3 nitrogen and oxygen atoms in total. The van der Waals surface area contributed by atoms with E-state index in [1.807, 2.05) is 26.0 Å². The molecule has 0 saturated heterocycles. The Hall–Kier alpha value is -1.25. The van der Waals surface area contributed by atoms with E-state index in [1.54, 1.807) is 6.20 Å². The van der Waals surface area contributed by atoms with Gasteiger partial charge in [-0.25, -0.2) is 4.98 Å². The number of nitrogens with zero attached hydrogens (tertiary/aromatic N) is 1. The zero-order valence-electron chi connectivity index (χ0n) is 9.53. The molecule has 0 radical (unpaired) electrons. The van der Waals surface area contributed by atoms with Crippen LogP contribution in [0.15, 0.2) is 18.3 Å². The fourth-order valence-electron chi connectivity index (χ4n) is 1.55. The summed E-state index contributed by atoms with van der Waals surface area (Å²) in [5, 5.41) is 3.40. The van der Waals surface area contributed by atoms with Gasteiger partial charge in [0.1, 0.15) is 0 Å². The summed E-state index contributed by atoms with van der Waals surface area (Å²) in [7, 11) is 0. The zero-order valence-corrected chi connectivity index (χ0v) is 9.53. The molecule has 1 aromatic heterocycles. The molecule has 2 atom stereocenters. The molecule has 1 aliphatic carbocycles. The Morgan fingerprint density at radius 3 is 2.87 bits per heavy atom. The Kier molecular flexibility index (Phi) is 2.80. The van der Waals surface area contributed by atoms with Gasteiger partial charge in [0.05, 0.1) is 6.10 Å². The van der Waals surface area contributed by atoms with Gasteiger partial charge >= 0.3 is 0 Å². The summed E-state index contributed by atoms with van der Waals surface area (Å²) in [5.41, 5.74) is 0. The molecule has 2 rings (SSSR count). The minimum atomic E-state index is 0.186. The van der Waals surface area contributed by atoms with Gasteiger partial charge in [-0.1, -0.05) is 6.92 Å². The van der Waals surface area contributed by atoms with Gasteiger partial charge in [0, 0.05) is 12.2 Å². The van der Waals surface area contributed by atoms with E-state index in [0.29, 0.717) is 6.04 Å². The van der Waals surface area contributed by atoms with Crippen LogP contribution in [0, 0.1) is 5.92 Å². The van der Waals surface area contributed by atoms with Gasteiger partial charge in [-0.15, -0.1) is 0 Å². The van der Waals surface area contributed by atoms with Crippen LogP contribution in [0.2, 0.25) is 0 Å². The number of nitrogens with one attached hydrogen (secondary N) is 1. The van der Waals surface area contributed by atoms with Crippen LogP contribution < -0.4 is 10.1 Å². The van der Waals surface area contributed by atoms with Crippen molar-refractivity contribution < 1.29 is 4.74 Å². The lowest BCUT2D eigenvalue weighted by molar-refractivity contribution is 0.243. The van der Waals surface area contributed by atoms with Crippen LogP contribution in [-0.4, -0.2) is 17.1 Å². The van der Waals surface area contributed by atoms with Gasteiger partial charge in [0.2, 0.25) is 0 Å². The van der Waals surface area contributed by atoms with E-state index in [0.717, 1.165) is 17.5 Å². The first-order valence-electron chi connectivity index (χ1n) is 5.55.